The van der Waals surface area contributed by atoms with Crippen molar-refractivity contribution in [3.63, 3.8) is 0 Å². The summed E-state index contributed by atoms with van der Waals surface area (Å²) in [5.74, 6) is 0. The van der Waals surface area contributed by atoms with Gasteiger partial charge in [-0.3, -0.25) is 0 Å². The Kier molecular flexibility index (Phi) is 4.20. The third kappa shape index (κ3) is 2.80. The summed E-state index contributed by atoms with van der Waals surface area (Å²) in [5.41, 5.74) is 3.91. The maximum Gasteiger partial charge on any atom is 0.0626 e. The molecule has 104 valence electrons. The smallest absolute Gasteiger partial charge is 0.0626 e. The molecule has 0 bridgehead atoms. The van der Waals surface area contributed by atoms with Crippen molar-refractivity contribution in [1.82, 2.24) is 5.32 Å². The molecule has 20 heavy (non-hydrogen) atoms. The molecular formula is C17H18BrNO. The average molecular weight is 332 g/mol. The van der Waals surface area contributed by atoms with E-state index in [1.165, 1.54) is 11.1 Å². The molecule has 1 aliphatic carbocycles. The molecule has 2 aromatic rings. The Morgan fingerprint density at radius 2 is 2.00 bits per heavy atom. The summed E-state index contributed by atoms with van der Waals surface area (Å²) in [5, 5.41) is 13.3. The standard InChI is InChI=1S/C17H18BrNO/c18-14-7-8-15-13(10-14)6-9-16(15)19-17(11-20)12-4-2-1-3-5-12/h1-5,7-8,10,16-17,19-20H,6,9,11H2. The highest BCUT2D eigenvalue weighted by molar-refractivity contribution is 9.10. The molecule has 2 unspecified atom stereocenters. The van der Waals surface area contributed by atoms with Crippen LogP contribution in [-0.2, 0) is 6.42 Å². The van der Waals surface area contributed by atoms with E-state index in [4.69, 9.17) is 0 Å². The zero-order chi connectivity index (χ0) is 13.9. The van der Waals surface area contributed by atoms with Crippen LogP contribution >= 0.6 is 15.9 Å². The first kappa shape index (κ1) is 13.8. The number of halogens is 1. The molecule has 0 radical (unpaired) electrons. The summed E-state index contributed by atoms with van der Waals surface area (Å²) < 4.78 is 1.14. The average Bonchev–Trinajstić information content (AvgIpc) is 2.87. The summed E-state index contributed by atoms with van der Waals surface area (Å²) in [6.45, 7) is 0.117. The Labute approximate surface area is 128 Å². The second-order valence-electron chi connectivity index (χ2n) is 5.25. The summed E-state index contributed by atoms with van der Waals surface area (Å²) in [7, 11) is 0. The largest absolute Gasteiger partial charge is 0.394 e. The van der Waals surface area contributed by atoms with Gasteiger partial charge >= 0.3 is 0 Å². The predicted octanol–water partition coefficient (Wildman–Crippen LogP) is 3.76. The van der Waals surface area contributed by atoms with Crippen LogP contribution in [0.5, 0.6) is 0 Å². The van der Waals surface area contributed by atoms with Gasteiger partial charge in [-0.1, -0.05) is 52.3 Å². The maximum absolute atomic E-state index is 9.66. The van der Waals surface area contributed by atoms with E-state index in [-0.39, 0.29) is 12.6 Å². The number of fused-ring (bicyclic) bond motifs is 1. The molecule has 0 saturated carbocycles. The molecule has 3 heteroatoms. The van der Waals surface area contributed by atoms with Crippen LogP contribution < -0.4 is 5.32 Å². The lowest BCUT2D eigenvalue weighted by Gasteiger charge is -2.22. The molecule has 0 saturated heterocycles. The summed E-state index contributed by atoms with van der Waals surface area (Å²) >= 11 is 3.53. The molecular weight excluding hydrogens is 314 g/mol. The van der Waals surface area contributed by atoms with Crippen LogP contribution in [0.2, 0.25) is 0 Å². The van der Waals surface area contributed by atoms with E-state index in [1.807, 2.05) is 18.2 Å². The molecule has 1 aliphatic rings. The van der Waals surface area contributed by atoms with Crippen molar-refractivity contribution >= 4 is 15.9 Å². The van der Waals surface area contributed by atoms with E-state index < -0.39 is 0 Å². The van der Waals surface area contributed by atoms with E-state index in [9.17, 15) is 5.11 Å². The highest BCUT2D eigenvalue weighted by Gasteiger charge is 2.25. The van der Waals surface area contributed by atoms with Crippen molar-refractivity contribution in [2.24, 2.45) is 0 Å². The van der Waals surface area contributed by atoms with Crippen LogP contribution in [-0.4, -0.2) is 11.7 Å². The first-order valence-corrected chi connectivity index (χ1v) is 7.77. The topological polar surface area (TPSA) is 32.3 Å². The van der Waals surface area contributed by atoms with E-state index in [0.717, 1.165) is 22.9 Å². The number of benzene rings is 2. The fourth-order valence-corrected chi connectivity index (χ4v) is 3.35. The van der Waals surface area contributed by atoms with Crippen molar-refractivity contribution < 1.29 is 5.11 Å². The van der Waals surface area contributed by atoms with Crippen molar-refractivity contribution in [3.05, 3.63) is 69.7 Å². The maximum atomic E-state index is 9.66. The zero-order valence-corrected chi connectivity index (χ0v) is 12.8. The predicted molar refractivity (Wildman–Crippen MR) is 84.6 cm³/mol. The van der Waals surface area contributed by atoms with Crippen LogP contribution in [0.15, 0.2) is 53.0 Å². The summed E-state index contributed by atoms with van der Waals surface area (Å²) in [4.78, 5) is 0. The fraction of sp³-hybridized carbons (Fsp3) is 0.294. The number of hydrogen-bond acceptors (Lipinski definition) is 2. The number of aryl methyl sites for hydroxylation is 1. The van der Waals surface area contributed by atoms with E-state index in [2.05, 4.69) is 51.6 Å². The zero-order valence-electron chi connectivity index (χ0n) is 11.2. The van der Waals surface area contributed by atoms with Gasteiger partial charge in [0.2, 0.25) is 0 Å². The van der Waals surface area contributed by atoms with Gasteiger partial charge < -0.3 is 10.4 Å². The monoisotopic (exact) mass is 331 g/mol. The molecule has 2 atom stereocenters. The minimum Gasteiger partial charge on any atom is -0.394 e. The van der Waals surface area contributed by atoms with Crippen LogP contribution in [0.25, 0.3) is 0 Å². The molecule has 0 amide bonds. The molecule has 2 aromatic carbocycles. The fourth-order valence-electron chi connectivity index (χ4n) is 2.94. The highest BCUT2D eigenvalue weighted by atomic mass is 79.9. The van der Waals surface area contributed by atoms with Gasteiger partial charge in [0.05, 0.1) is 12.6 Å². The molecule has 0 fully saturated rings. The minimum absolute atomic E-state index is 0.00389. The number of hydrogen-bond donors (Lipinski definition) is 2. The quantitative estimate of drug-likeness (QED) is 0.894. The minimum atomic E-state index is -0.00389. The van der Waals surface area contributed by atoms with Gasteiger partial charge in [-0.15, -0.1) is 0 Å². The number of rotatable bonds is 4. The Morgan fingerprint density at radius 3 is 2.75 bits per heavy atom. The number of nitrogens with one attached hydrogen (secondary N) is 1. The molecule has 2 nitrogen and oxygen atoms in total. The van der Waals surface area contributed by atoms with Gasteiger partial charge in [0.25, 0.3) is 0 Å². The van der Waals surface area contributed by atoms with Gasteiger partial charge in [0, 0.05) is 10.5 Å². The van der Waals surface area contributed by atoms with Crippen molar-refractivity contribution in [2.45, 2.75) is 24.9 Å². The van der Waals surface area contributed by atoms with Crippen LogP contribution in [0, 0.1) is 0 Å². The normalized spacial score (nSPS) is 18.8. The molecule has 0 heterocycles. The molecule has 0 spiro atoms. The Hall–Kier alpha value is -1.16. The van der Waals surface area contributed by atoms with Crippen LogP contribution in [0.3, 0.4) is 0 Å². The number of aliphatic hydroxyl groups is 1. The first-order chi connectivity index (χ1) is 9.78. The van der Waals surface area contributed by atoms with E-state index in [0.29, 0.717) is 6.04 Å². The van der Waals surface area contributed by atoms with Crippen molar-refractivity contribution in [1.29, 1.82) is 0 Å². The molecule has 2 N–H and O–H groups in total. The SMILES string of the molecule is OCC(NC1CCc2cc(Br)ccc21)c1ccccc1. The van der Waals surface area contributed by atoms with Crippen molar-refractivity contribution in [3.8, 4) is 0 Å². The highest BCUT2D eigenvalue weighted by Crippen LogP contribution is 2.34. The lowest BCUT2D eigenvalue weighted by atomic mass is 10.0. The van der Waals surface area contributed by atoms with Crippen LogP contribution in [0.4, 0.5) is 0 Å². The summed E-state index contributed by atoms with van der Waals surface area (Å²) in [6, 6.07) is 17.0. The number of aliphatic hydroxyl groups excluding tert-OH is 1. The van der Waals surface area contributed by atoms with E-state index >= 15 is 0 Å². The third-order valence-electron chi connectivity index (χ3n) is 3.97. The van der Waals surface area contributed by atoms with Gasteiger partial charge in [0.1, 0.15) is 0 Å². The van der Waals surface area contributed by atoms with Crippen LogP contribution in [0.1, 0.15) is 35.2 Å². The lowest BCUT2D eigenvalue weighted by molar-refractivity contribution is 0.233. The van der Waals surface area contributed by atoms with E-state index in [1.54, 1.807) is 0 Å². The van der Waals surface area contributed by atoms with Crippen molar-refractivity contribution in [2.75, 3.05) is 6.61 Å². The Morgan fingerprint density at radius 1 is 1.20 bits per heavy atom. The molecule has 0 aliphatic heterocycles. The molecule has 3 rings (SSSR count). The second kappa shape index (κ2) is 6.08. The van der Waals surface area contributed by atoms with Gasteiger partial charge in [0.15, 0.2) is 0 Å². The van der Waals surface area contributed by atoms with Gasteiger partial charge in [-0.05, 0) is 41.7 Å². The van der Waals surface area contributed by atoms with Gasteiger partial charge in [-0.25, -0.2) is 0 Å². The first-order valence-electron chi connectivity index (χ1n) is 6.98. The Bertz CT molecular complexity index is 585. The summed E-state index contributed by atoms with van der Waals surface area (Å²) in [6.07, 6.45) is 2.19. The lowest BCUT2D eigenvalue weighted by Crippen LogP contribution is -2.27. The Balaban J connectivity index is 1.79. The third-order valence-corrected chi connectivity index (χ3v) is 4.46. The van der Waals surface area contributed by atoms with Gasteiger partial charge in [-0.2, -0.15) is 0 Å². The molecule has 0 aromatic heterocycles. The second-order valence-corrected chi connectivity index (χ2v) is 6.16.